The van der Waals surface area contributed by atoms with Crippen LogP contribution in [-0.4, -0.2) is 74.6 Å². The standard InChI is InChI=1S/C17H24N4O5S/c1-13(22)18-6-7-19-17(24)15-4-3-5-16(12-15)27(25,26)21-10-8-20(9-11-21)14(2)23/h3-5,12H,6-11H2,1-2H3,(H,18,22)(H,19,24). The Balaban J connectivity index is 2.04. The molecule has 1 fully saturated rings. The molecule has 27 heavy (non-hydrogen) atoms. The van der Waals surface area contributed by atoms with E-state index in [-0.39, 0.29) is 41.9 Å². The van der Waals surface area contributed by atoms with Gasteiger partial charge in [0.1, 0.15) is 0 Å². The lowest BCUT2D eigenvalue weighted by atomic mass is 10.2. The third-order valence-electron chi connectivity index (χ3n) is 4.20. The van der Waals surface area contributed by atoms with Crippen molar-refractivity contribution in [1.82, 2.24) is 19.8 Å². The molecule has 9 nitrogen and oxygen atoms in total. The van der Waals surface area contributed by atoms with Crippen LogP contribution >= 0.6 is 0 Å². The van der Waals surface area contributed by atoms with Crippen LogP contribution in [0, 0.1) is 0 Å². The van der Waals surface area contributed by atoms with Crippen molar-refractivity contribution in [3.63, 3.8) is 0 Å². The van der Waals surface area contributed by atoms with Crippen molar-refractivity contribution < 1.29 is 22.8 Å². The summed E-state index contributed by atoms with van der Waals surface area (Å²) in [4.78, 5) is 36.0. The van der Waals surface area contributed by atoms with E-state index in [9.17, 15) is 22.8 Å². The predicted octanol–water partition coefficient (Wildman–Crippen LogP) is -0.595. The molecule has 0 atom stereocenters. The van der Waals surface area contributed by atoms with Crippen LogP contribution in [-0.2, 0) is 19.6 Å². The van der Waals surface area contributed by atoms with E-state index < -0.39 is 15.9 Å². The first kappa shape index (κ1) is 20.8. The lowest BCUT2D eigenvalue weighted by molar-refractivity contribution is -0.130. The summed E-state index contributed by atoms with van der Waals surface area (Å²) in [5, 5.41) is 5.18. The number of nitrogens with one attached hydrogen (secondary N) is 2. The Morgan fingerprint density at radius 2 is 1.63 bits per heavy atom. The van der Waals surface area contributed by atoms with Crippen LogP contribution in [0.25, 0.3) is 0 Å². The first-order chi connectivity index (χ1) is 12.7. The van der Waals surface area contributed by atoms with Crippen LogP contribution in [0.2, 0.25) is 0 Å². The Hall–Kier alpha value is -2.46. The summed E-state index contributed by atoms with van der Waals surface area (Å²) in [6.45, 7) is 4.49. The summed E-state index contributed by atoms with van der Waals surface area (Å²) in [5.41, 5.74) is 0.223. The quantitative estimate of drug-likeness (QED) is 0.624. The Kier molecular flexibility index (Phi) is 6.92. The van der Waals surface area contributed by atoms with E-state index >= 15 is 0 Å². The van der Waals surface area contributed by atoms with Gasteiger partial charge in [0, 0.05) is 58.7 Å². The average molecular weight is 396 g/mol. The number of piperazine rings is 1. The molecule has 0 aromatic heterocycles. The van der Waals surface area contributed by atoms with Gasteiger partial charge in [-0.1, -0.05) is 6.07 Å². The monoisotopic (exact) mass is 396 g/mol. The Morgan fingerprint density at radius 3 is 2.22 bits per heavy atom. The molecule has 1 aliphatic heterocycles. The number of carbonyl (C=O) groups is 3. The number of rotatable bonds is 6. The first-order valence-electron chi connectivity index (χ1n) is 8.60. The maximum Gasteiger partial charge on any atom is 0.251 e. The zero-order valence-corrected chi connectivity index (χ0v) is 16.2. The summed E-state index contributed by atoms with van der Waals surface area (Å²) >= 11 is 0. The second kappa shape index (κ2) is 8.96. The van der Waals surface area contributed by atoms with Gasteiger partial charge in [-0.2, -0.15) is 4.31 Å². The lowest BCUT2D eigenvalue weighted by Crippen LogP contribution is -2.49. The zero-order valence-electron chi connectivity index (χ0n) is 15.4. The van der Waals surface area contributed by atoms with Crippen LogP contribution in [0.15, 0.2) is 29.2 Å². The highest BCUT2D eigenvalue weighted by Crippen LogP contribution is 2.19. The minimum atomic E-state index is -3.75. The molecule has 1 saturated heterocycles. The molecule has 0 aliphatic carbocycles. The Bertz CT molecular complexity index is 816. The van der Waals surface area contributed by atoms with E-state index in [1.165, 1.54) is 42.4 Å². The molecule has 0 bridgehead atoms. The molecule has 1 aromatic carbocycles. The smallest absolute Gasteiger partial charge is 0.251 e. The topological polar surface area (TPSA) is 116 Å². The van der Waals surface area contributed by atoms with Crippen LogP contribution in [0.4, 0.5) is 0 Å². The van der Waals surface area contributed by atoms with Gasteiger partial charge in [-0.15, -0.1) is 0 Å². The highest BCUT2D eigenvalue weighted by atomic mass is 32.2. The number of sulfonamides is 1. The molecule has 0 radical (unpaired) electrons. The van der Waals surface area contributed by atoms with Gasteiger partial charge in [0.15, 0.2) is 0 Å². The third kappa shape index (κ3) is 5.51. The molecule has 0 saturated carbocycles. The molecular weight excluding hydrogens is 372 g/mol. The highest BCUT2D eigenvalue weighted by Gasteiger charge is 2.29. The van der Waals surface area contributed by atoms with E-state index in [0.717, 1.165) is 0 Å². The van der Waals surface area contributed by atoms with Crippen molar-refractivity contribution >= 4 is 27.7 Å². The summed E-state index contributed by atoms with van der Waals surface area (Å²) in [5.74, 6) is -0.689. The fourth-order valence-electron chi connectivity index (χ4n) is 2.71. The van der Waals surface area contributed by atoms with E-state index in [1.807, 2.05) is 0 Å². The average Bonchev–Trinajstić information content (AvgIpc) is 2.65. The number of hydrogen-bond donors (Lipinski definition) is 2. The van der Waals surface area contributed by atoms with Gasteiger partial charge in [-0.05, 0) is 18.2 Å². The van der Waals surface area contributed by atoms with Gasteiger partial charge in [-0.3, -0.25) is 14.4 Å². The molecule has 2 rings (SSSR count). The maximum atomic E-state index is 12.8. The Labute approximate surface area is 158 Å². The molecular formula is C17H24N4O5S. The minimum absolute atomic E-state index is 0.0354. The summed E-state index contributed by atoms with van der Waals surface area (Å²) in [6, 6.07) is 5.82. The Morgan fingerprint density at radius 1 is 1.00 bits per heavy atom. The van der Waals surface area contributed by atoms with Gasteiger partial charge in [0.05, 0.1) is 4.90 Å². The number of benzene rings is 1. The molecule has 1 aliphatic rings. The van der Waals surface area contributed by atoms with Crippen molar-refractivity contribution in [2.75, 3.05) is 39.3 Å². The van der Waals surface area contributed by atoms with Crippen molar-refractivity contribution in [2.24, 2.45) is 0 Å². The fraction of sp³-hybridized carbons (Fsp3) is 0.471. The van der Waals surface area contributed by atoms with Gasteiger partial charge >= 0.3 is 0 Å². The van der Waals surface area contributed by atoms with Crippen molar-refractivity contribution in [3.8, 4) is 0 Å². The SMILES string of the molecule is CC(=O)NCCNC(=O)c1cccc(S(=O)(=O)N2CCN(C(C)=O)CC2)c1. The molecule has 0 spiro atoms. The normalized spacial score (nSPS) is 15.3. The van der Waals surface area contributed by atoms with Crippen LogP contribution in [0.1, 0.15) is 24.2 Å². The highest BCUT2D eigenvalue weighted by molar-refractivity contribution is 7.89. The van der Waals surface area contributed by atoms with Crippen molar-refractivity contribution in [1.29, 1.82) is 0 Å². The van der Waals surface area contributed by atoms with E-state index in [4.69, 9.17) is 0 Å². The number of amides is 3. The maximum absolute atomic E-state index is 12.8. The van der Waals surface area contributed by atoms with Gasteiger partial charge < -0.3 is 15.5 Å². The van der Waals surface area contributed by atoms with Gasteiger partial charge in [-0.25, -0.2) is 8.42 Å². The summed E-state index contributed by atoms with van der Waals surface area (Å²) in [7, 11) is -3.75. The number of hydrogen-bond acceptors (Lipinski definition) is 5. The molecule has 2 N–H and O–H groups in total. The second-order valence-corrected chi connectivity index (χ2v) is 8.11. The molecule has 3 amide bonds. The predicted molar refractivity (Wildman–Crippen MR) is 98.5 cm³/mol. The van der Waals surface area contributed by atoms with E-state index in [1.54, 1.807) is 4.90 Å². The van der Waals surface area contributed by atoms with Crippen molar-refractivity contribution in [3.05, 3.63) is 29.8 Å². The van der Waals surface area contributed by atoms with Crippen LogP contribution < -0.4 is 10.6 Å². The molecule has 0 unspecified atom stereocenters. The molecule has 148 valence electrons. The van der Waals surface area contributed by atoms with Crippen molar-refractivity contribution in [2.45, 2.75) is 18.7 Å². The summed E-state index contributed by atoms with van der Waals surface area (Å²) in [6.07, 6.45) is 0. The summed E-state index contributed by atoms with van der Waals surface area (Å²) < 4.78 is 27.0. The largest absolute Gasteiger partial charge is 0.355 e. The first-order valence-corrected chi connectivity index (χ1v) is 10.0. The third-order valence-corrected chi connectivity index (χ3v) is 6.10. The molecule has 1 heterocycles. The number of nitrogens with zero attached hydrogens (tertiary/aromatic N) is 2. The molecule has 1 aromatic rings. The van der Waals surface area contributed by atoms with E-state index in [2.05, 4.69) is 10.6 Å². The fourth-order valence-corrected chi connectivity index (χ4v) is 4.18. The van der Waals surface area contributed by atoms with E-state index in [0.29, 0.717) is 19.6 Å². The van der Waals surface area contributed by atoms with Crippen LogP contribution in [0.3, 0.4) is 0 Å². The zero-order chi connectivity index (χ0) is 20.0. The van der Waals surface area contributed by atoms with Gasteiger partial charge in [0.2, 0.25) is 21.8 Å². The minimum Gasteiger partial charge on any atom is -0.355 e. The molecule has 10 heteroatoms. The van der Waals surface area contributed by atoms with Crippen LogP contribution in [0.5, 0.6) is 0 Å². The van der Waals surface area contributed by atoms with Gasteiger partial charge in [0.25, 0.3) is 5.91 Å². The number of carbonyl (C=O) groups excluding carboxylic acids is 3. The second-order valence-electron chi connectivity index (χ2n) is 6.18. The lowest BCUT2D eigenvalue weighted by Gasteiger charge is -2.33.